The molecule has 2 aromatic rings. The summed E-state index contributed by atoms with van der Waals surface area (Å²) >= 11 is 0. The maximum atomic E-state index is 10.8. The first-order chi connectivity index (χ1) is 11.2. The van der Waals surface area contributed by atoms with Crippen LogP contribution in [-0.4, -0.2) is 17.7 Å². The average Bonchev–Trinajstić information content (AvgIpc) is 2.95. The van der Waals surface area contributed by atoms with Gasteiger partial charge in [0.15, 0.2) is 0 Å². The molecular weight excluding hydrogens is 292 g/mol. The van der Waals surface area contributed by atoms with Crippen LogP contribution in [0.1, 0.15) is 29.0 Å². The third-order valence-corrected chi connectivity index (χ3v) is 3.79. The fraction of sp³-hybridized carbons (Fsp3) is 0.211. The van der Waals surface area contributed by atoms with Gasteiger partial charge >= 0.3 is 5.97 Å². The molecule has 1 aliphatic rings. The Morgan fingerprint density at radius 2 is 2.22 bits per heavy atom. The van der Waals surface area contributed by atoms with Crippen molar-refractivity contribution in [1.29, 1.82) is 0 Å². The minimum Gasteiger partial charge on any atom is -0.492 e. The molecule has 1 atom stereocenters. The van der Waals surface area contributed by atoms with E-state index >= 15 is 0 Å². The number of aliphatic carboxylic acids is 1. The Labute approximate surface area is 134 Å². The molecule has 0 spiro atoms. The first-order valence-corrected chi connectivity index (χ1v) is 7.32. The summed E-state index contributed by atoms with van der Waals surface area (Å²) in [6.07, 6.45) is 5.46. The number of carbonyl (C=O) groups is 1. The minimum absolute atomic E-state index is 0.0755. The Bertz CT molecular complexity index is 773. The number of fused-ring (bicyclic) bond motifs is 1. The summed E-state index contributed by atoms with van der Waals surface area (Å²) in [4.78, 5) is 10.8. The molecule has 0 radical (unpaired) electrons. The van der Waals surface area contributed by atoms with Crippen LogP contribution in [-0.2, 0) is 11.4 Å². The minimum atomic E-state index is -0.819. The van der Waals surface area contributed by atoms with Gasteiger partial charge in [-0.1, -0.05) is 24.1 Å². The van der Waals surface area contributed by atoms with Crippen LogP contribution < -0.4 is 9.47 Å². The van der Waals surface area contributed by atoms with Crippen molar-refractivity contribution in [1.82, 2.24) is 0 Å². The van der Waals surface area contributed by atoms with E-state index in [0.717, 1.165) is 16.7 Å². The van der Waals surface area contributed by atoms with E-state index in [-0.39, 0.29) is 12.3 Å². The number of hydrogen-bond acceptors (Lipinski definition) is 3. The van der Waals surface area contributed by atoms with Crippen molar-refractivity contribution in [3.63, 3.8) is 0 Å². The Hall–Kier alpha value is -2.93. The molecule has 23 heavy (non-hydrogen) atoms. The van der Waals surface area contributed by atoms with E-state index in [0.29, 0.717) is 24.7 Å². The van der Waals surface area contributed by atoms with Crippen LogP contribution in [0, 0.1) is 12.3 Å². The zero-order valence-corrected chi connectivity index (χ0v) is 12.5. The molecule has 0 fully saturated rings. The molecule has 0 saturated heterocycles. The molecule has 1 aliphatic heterocycles. The van der Waals surface area contributed by atoms with E-state index in [1.54, 1.807) is 0 Å². The summed E-state index contributed by atoms with van der Waals surface area (Å²) in [6, 6.07) is 13.2. The molecule has 4 heteroatoms. The Morgan fingerprint density at radius 3 is 3.00 bits per heavy atom. The maximum absolute atomic E-state index is 10.8. The molecule has 0 aromatic heterocycles. The van der Waals surface area contributed by atoms with Crippen LogP contribution in [0.3, 0.4) is 0 Å². The van der Waals surface area contributed by atoms with Gasteiger partial charge in [0, 0.05) is 23.1 Å². The average molecular weight is 308 g/mol. The first kappa shape index (κ1) is 15.0. The smallest absolute Gasteiger partial charge is 0.304 e. The van der Waals surface area contributed by atoms with Crippen LogP contribution >= 0.6 is 0 Å². The highest BCUT2D eigenvalue weighted by atomic mass is 16.5. The van der Waals surface area contributed by atoms with Crippen LogP contribution in [0.4, 0.5) is 0 Å². The van der Waals surface area contributed by atoms with Crippen molar-refractivity contribution in [2.45, 2.75) is 18.9 Å². The SMILES string of the molecule is C#Cc1cccc(COc2ccc3c(c2)OCC3CC(=O)O)c1. The van der Waals surface area contributed by atoms with Crippen molar-refractivity contribution in [3.05, 3.63) is 59.2 Å². The molecule has 1 N–H and O–H groups in total. The fourth-order valence-electron chi connectivity index (χ4n) is 2.64. The topological polar surface area (TPSA) is 55.8 Å². The second-order valence-corrected chi connectivity index (χ2v) is 5.44. The van der Waals surface area contributed by atoms with Crippen LogP contribution in [0.2, 0.25) is 0 Å². The lowest BCUT2D eigenvalue weighted by molar-refractivity contribution is -0.137. The molecule has 0 aliphatic carbocycles. The van der Waals surface area contributed by atoms with E-state index in [2.05, 4.69) is 5.92 Å². The summed E-state index contributed by atoms with van der Waals surface area (Å²) in [5.74, 6) is 3.07. The molecule has 1 unspecified atom stereocenters. The molecule has 1 heterocycles. The van der Waals surface area contributed by atoms with E-state index in [9.17, 15) is 4.79 Å². The Kier molecular flexibility index (Phi) is 4.20. The van der Waals surface area contributed by atoms with Crippen molar-refractivity contribution >= 4 is 5.97 Å². The molecule has 0 bridgehead atoms. The molecule has 0 saturated carbocycles. The van der Waals surface area contributed by atoms with Gasteiger partial charge in [-0.25, -0.2) is 0 Å². The lowest BCUT2D eigenvalue weighted by Gasteiger charge is -2.09. The van der Waals surface area contributed by atoms with Gasteiger partial charge < -0.3 is 14.6 Å². The second kappa shape index (κ2) is 6.45. The number of terminal acetylenes is 1. The third kappa shape index (κ3) is 3.46. The second-order valence-electron chi connectivity index (χ2n) is 5.44. The number of carboxylic acids is 1. The first-order valence-electron chi connectivity index (χ1n) is 7.32. The predicted octanol–water partition coefficient (Wildman–Crippen LogP) is 3.20. The zero-order valence-electron chi connectivity index (χ0n) is 12.5. The number of benzene rings is 2. The van der Waals surface area contributed by atoms with Gasteiger partial charge in [0.05, 0.1) is 13.0 Å². The van der Waals surface area contributed by atoms with Crippen LogP contribution in [0.25, 0.3) is 0 Å². The van der Waals surface area contributed by atoms with Gasteiger partial charge in [0.1, 0.15) is 18.1 Å². The van der Waals surface area contributed by atoms with Crippen molar-refractivity contribution in [3.8, 4) is 23.8 Å². The molecule has 3 rings (SSSR count). The third-order valence-electron chi connectivity index (χ3n) is 3.79. The van der Waals surface area contributed by atoms with E-state index in [1.807, 2.05) is 42.5 Å². The standard InChI is InChI=1S/C19H16O4/c1-2-13-4-3-5-14(8-13)11-22-16-6-7-17-15(9-19(20)21)12-23-18(17)10-16/h1,3-8,10,15H,9,11-12H2,(H,20,21). The fourth-order valence-corrected chi connectivity index (χ4v) is 2.64. The zero-order chi connectivity index (χ0) is 16.2. The van der Waals surface area contributed by atoms with Gasteiger partial charge in [0.25, 0.3) is 0 Å². The quantitative estimate of drug-likeness (QED) is 0.862. The van der Waals surface area contributed by atoms with E-state index < -0.39 is 5.97 Å². The Balaban J connectivity index is 1.68. The molecule has 4 nitrogen and oxygen atoms in total. The van der Waals surface area contributed by atoms with Gasteiger partial charge in [-0.3, -0.25) is 4.79 Å². The molecule has 2 aromatic carbocycles. The highest BCUT2D eigenvalue weighted by Crippen LogP contribution is 2.38. The summed E-state index contributed by atoms with van der Waals surface area (Å²) in [5.41, 5.74) is 2.74. The molecular formula is C19H16O4. The van der Waals surface area contributed by atoms with Crippen LogP contribution in [0.15, 0.2) is 42.5 Å². The van der Waals surface area contributed by atoms with Crippen molar-refractivity contribution in [2.24, 2.45) is 0 Å². The lowest BCUT2D eigenvalue weighted by Crippen LogP contribution is -2.07. The molecule has 0 amide bonds. The maximum Gasteiger partial charge on any atom is 0.304 e. The summed E-state index contributed by atoms with van der Waals surface area (Å²) in [6.45, 7) is 0.808. The summed E-state index contributed by atoms with van der Waals surface area (Å²) < 4.78 is 11.3. The van der Waals surface area contributed by atoms with E-state index in [4.69, 9.17) is 21.0 Å². The number of hydrogen-bond donors (Lipinski definition) is 1. The lowest BCUT2D eigenvalue weighted by atomic mass is 9.98. The van der Waals surface area contributed by atoms with Crippen molar-refractivity contribution < 1.29 is 19.4 Å². The van der Waals surface area contributed by atoms with Crippen LogP contribution in [0.5, 0.6) is 11.5 Å². The highest BCUT2D eigenvalue weighted by molar-refractivity contribution is 5.68. The number of rotatable bonds is 5. The Morgan fingerprint density at radius 1 is 1.35 bits per heavy atom. The summed E-state index contributed by atoms with van der Waals surface area (Å²) in [5, 5.41) is 8.91. The number of ether oxygens (including phenoxy) is 2. The summed E-state index contributed by atoms with van der Waals surface area (Å²) in [7, 11) is 0. The van der Waals surface area contributed by atoms with Gasteiger partial charge in [0.2, 0.25) is 0 Å². The van der Waals surface area contributed by atoms with Gasteiger partial charge in [-0.05, 0) is 23.8 Å². The van der Waals surface area contributed by atoms with Crippen molar-refractivity contribution in [2.75, 3.05) is 6.61 Å². The molecule has 116 valence electrons. The monoisotopic (exact) mass is 308 g/mol. The normalized spacial score (nSPS) is 15.3. The van der Waals surface area contributed by atoms with Gasteiger partial charge in [-0.15, -0.1) is 6.42 Å². The largest absolute Gasteiger partial charge is 0.492 e. The predicted molar refractivity (Wildman–Crippen MR) is 85.6 cm³/mol. The highest BCUT2D eigenvalue weighted by Gasteiger charge is 2.26. The van der Waals surface area contributed by atoms with Gasteiger partial charge in [-0.2, -0.15) is 0 Å². The number of carboxylic acid groups (broad SMARTS) is 1. The van der Waals surface area contributed by atoms with E-state index in [1.165, 1.54) is 0 Å².